The number of ether oxygens (including phenoxy) is 2. The summed E-state index contributed by atoms with van der Waals surface area (Å²) < 4.78 is 16.1. The molecule has 4 rings (SSSR count). The molecule has 0 bridgehead atoms. The lowest BCUT2D eigenvalue weighted by Gasteiger charge is -2.19. The Balaban J connectivity index is 1.34. The molecule has 182 valence electrons. The van der Waals surface area contributed by atoms with Gasteiger partial charge in [-0.3, -0.25) is 4.79 Å². The normalized spacial score (nSPS) is 17.3. The van der Waals surface area contributed by atoms with Crippen LogP contribution in [0.25, 0.3) is 0 Å². The van der Waals surface area contributed by atoms with E-state index in [1.807, 2.05) is 6.92 Å². The lowest BCUT2D eigenvalue weighted by Crippen LogP contribution is -2.20. The molecule has 0 saturated heterocycles. The van der Waals surface area contributed by atoms with Crippen LogP contribution in [0.5, 0.6) is 11.5 Å². The number of hydrogen-bond acceptors (Lipinski definition) is 6. The Morgan fingerprint density at radius 2 is 1.89 bits per heavy atom. The van der Waals surface area contributed by atoms with Gasteiger partial charge < -0.3 is 13.9 Å². The first-order valence-corrected chi connectivity index (χ1v) is 11.7. The summed E-state index contributed by atoms with van der Waals surface area (Å²) in [4.78, 5) is 24.7. The van der Waals surface area contributed by atoms with Crippen LogP contribution in [0.3, 0.4) is 0 Å². The van der Waals surface area contributed by atoms with Crippen molar-refractivity contribution in [2.75, 3.05) is 6.61 Å². The van der Waals surface area contributed by atoms with Crippen molar-refractivity contribution in [2.45, 2.75) is 45.4 Å². The molecule has 0 aliphatic heterocycles. The molecule has 2 aromatic carbocycles. The third kappa shape index (κ3) is 5.98. The van der Waals surface area contributed by atoms with Crippen molar-refractivity contribution in [1.29, 1.82) is 0 Å². The van der Waals surface area contributed by atoms with Gasteiger partial charge in [0.15, 0.2) is 11.5 Å². The van der Waals surface area contributed by atoms with Crippen LogP contribution < -0.4 is 14.9 Å². The zero-order chi connectivity index (χ0) is 25.0. The molecule has 1 saturated carbocycles. The summed E-state index contributed by atoms with van der Waals surface area (Å²) in [6.45, 7) is 8.79. The number of hydrazone groups is 1. The van der Waals surface area contributed by atoms with E-state index >= 15 is 0 Å². The molecule has 2 atom stereocenters. The summed E-state index contributed by atoms with van der Waals surface area (Å²) in [6.07, 6.45) is 3.76. The lowest BCUT2D eigenvalue weighted by atomic mass is 9.86. The van der Waals surface area contributed by atoms with Crippen LogP contribution in [-0.2, 0) is 10.2 Å². The average Bonchev–Trinajstić information content (AvgIpc) is 3.44. The third-order valence-electron chi connectivity index (χ3n) is 5.91. The van der Waals surface area contributed by atoms with Gasteiger partial charge in [0.1, 0.15) is 0 Å². The number of nitrogens with one attached hydrogen (secondary N) is 1. The molecule has 7 heteroatoms. The molecule has 1 N–H and O–H groups in total. The number of hydrogen-bond donors (Lipinski definition) is 1. The highest BCUT2D eigenvalue weighted by Gasteiger charge is 2.44. The van der Waals surface area contributed by atoms with Crippen molar-refractivity contribution in [3.05, 3.63) is 83.3 Å². The predicted molar refractivity (Wildman–Crippen MR) is 133 cm³/mol. The Morgan fingerprint density at radius 1 is 1.11 bits per heavy atom. The van der Waals surface area contributed by atoms with Crippen molar-refractivity contribution in [2.24, 2.45) is 11.0 Å². The van der Waals surface area contributed by atoms with Gasteiger partial charge in [-0.05, 0) is 71.7 Å². The number of esters is 1. The minimum Gasteiger partial charge on any atom is -0.490 e. The molecule has 3 aromatic rings. The molecule has 1 fully saturated rings. The van der Waals surface area contributed by atoms with Crippen molar-refractivity contribution < 1.29 is 23.5 Å². The van der Waals surface area contributed by atoms with Crippen LogP contribution in [0.2, 0.25) is 0 Å². The second-order valence-corrected chi connectivity index (χ2v) is 9.56. The van der Waals surface area contributed by atoms with Gasteiger partial charge in [-0.25, -0.2) is 10.2 Å². The molecule has 0 radical (unpaired) electrons. The van der Waals surface area contributed by atoms with Crippen LogP contribution in [0.4, 0.5) is 0 Å². The first-order chi connectivity index (χ1) is 16.8. The molecular formula is C28H30N2O5. The maximum absolute atomic E-state index is 12.5. The minimum absolute atomic E-state index is 0.0741. The number of carbonyl (C=O) groups excluding carboxylic acids is 2. The molecule has 1 amide bonds. The Kier molecular flexibility index (Phi) is 7.05. The van der Waals surface area contributed by atoms with Crippen molar-refractivity contribution in [3.63, 3.8) is 0 Å². The summed E-state index contributed by atoms with van der Waals surface area (Å²) in [7, 11) is 0. The van der Waals surface area contributed by atoms with Gasteiger partial charge in [0, 0.05) is 5.92 Å². The average molecular weight is 475 g/mol. The standard InChI is InChI=1S/C28H30N2O5/c1-5-33-25-15-18(8-13-23(25)35-27(32)24-7-6-14-34-24)17-29-30-26(31)22-16-21(22)19-9-11-20(12-10-19)28(2,3)4/h6-15,17,21-22H,5,16H2,1-4H3,(H,30,31)/b29-17+. The highest BCUT2D eigenvalue weighted by Crippen LogP contribution is 2.47. The van der Waals surface area contributed by atoms with E-state index < -0.39 is 5.97 Å². The van der Waals surface area contributed by atoms with E-state index in [0.29, 0.717) is 17.9 Å². The Bertz CT molecular complexity index is 1210. The zero-order valence-electron chi connectivity index (χ0n) is 20.4. The quantitative estimate of drug-likeness (QED) is 0.203. The van der Waals surface area contributed by atoms with E-state index in [1.54, 1.807) is 24.3 Å². The Morgan fingerprint density at radius 3 is 2.54 bits per heavy atom. The number of carbonyl (C=O) groups is 2. The first kappa shape index (κ1) is 24.3. The molecule has 1 aliphatic carbocycles. The van der Waals surface area contributed by atoms with E-state index in [0.717, 1.165) is 6.42 Å². The Labute approximate surface area is 205 Å². The van der Waals surface area contributed by atoms with Crippen molar-refractivity contribution >= 4 is 18.1 Å². The summed E-state index contributed by atoms with van der Waals surface area (Å²) in [5.74, 6) is 0.208. The molecule has 1 aliphatic rings. The molecule has 2 unspecified atom stereocenters. The fourth-order valence-electron chi connectivity index (χ4n) is 3.84. The van der Waals surface area contributed by atoms with E-state index in [2.05, 4.69) is 55.6 Å². The summed E-state index contributed by atoms with van der Waals surface area (Å²) in [6, 6.07) is 16.7. The Hall–Kier alpha value is -3.87. The monoisotopic (exact) mass is 474 g/mol. The van der Waals surface area contributed by atoms with Gasteiger partial charge in [0.25, 0.3) is 0 Å². The summed E-state index contributed by atoms with van der Waals surface area (Å²) in [5.41, 5.74) is 5.90. The number of benzene rings is 2. The molecule has 1 aromatic heterocycles. The maximum atomic E-state index is 12.5. The molecule has 35 heavy (non-hydrogen) atoms. The van der Waals surface area contributed by atoms with Crippen molar-refractivity contribution in [3.8, 4) is 11.5 Å². The number of furan rings is 1. The van der Waals surface area contributed by atoms with Gasteiger partial charge in [-0.1, -0.05) is 45.0 Å². The topological polar surface area (TPSA) is 90.1 Å². The van der Waals surface area contributed by atoms with Crippen molar-refractivity contribution in [1.82, 2.24) is 5.43 Å². The second kappa shape index (κ2) is 10.2. The first-order valence-electron chi connectivity index (χ1n) is 11.7. The summed E-state index contributed by atoms with van der Waals surface area (Å²) in [5, 5.41) is 4.11. The number of nitrogens with zero attached hydrogens (tertiary/aromatic N) is 1. The van der Waals surface area contributed by atoms with Crippen LogP contribution in [0.1, 0.15) is 67.3 Å². The molecule has 1 heterocycles. The van der Waals surface area contributed by atoms with Gasteiger partial charge in [-0.15, -0.1) is 0 Å². The largest absolute Gasteiger partial charge is 0.490 e. The predicted octanol–water partition coefficient (Wildman–Crippen LogP) is 5.45. The van der Waals surface area contributed by atoms with Gasteiger partial charge in [-0.2, -0.15) is 5.10 Å². The summed E-state index contributed by atoms with van der Waals surface area (Å²) >= 11 is 0. The maximum Gasteiger partial charge on any atom is 0.379 e. The zero-order valence-corrected chi connectivity index (χ0v) is 20.4. The van der Waals surface area contributed by atoms with Crippen LogP contribution in [-0.4, -0.2) is 24.7 Å². The van der Waals surface area contributed by atoms with E-state index in [-0.39, 0.29) is 34.7 Å². The fraction of sp³-hybridized carbons (Fsp3) is 0.321. The highest BCUT2D eigenvalue weighted by atomic mass is 16.6. The number of rotatable bonds is 8. The third-order valence-corrected chi connectivity index (χ3v) is 5.91. The smallest absolute Gasteiger partial charge is 0.379 e. The van der Waals surface area contributed by atoms with E-state index in [1.165, 1.54) is 29.7 Å². The highest BCUT2D eigenvalue weighted by molar-refractivity contribution is 5.89. The van der Waals surface area contributed by atoms with Crippen LogP contribution in [0, 0.1) is 5.92 Å². The van der Waals surface area contributed by atoms with Gasteiger partial charge in [0.05, 0.1) is 19.1 Å². The van der Waals surface area contributed by atoms with Crippen LogP contribution in [0.15, 0.2) is 70.4 Å². The molecule has 0 spiro atoms. The number of amides is 1. The minimum atomic E-state index is -0.614. The SMILES string of the molecule is CCOc1cc(/C=N/NC(=O)C2CC2c2ccc(C(C)(C)C)cc2)ccc1OC(=O)c1ccco1. The van der Waals surface area contributed by atoms with E-state index in [9.17, 15) is 9.59 Å². The fourth-order valence-corrected chi connectivity index (χ4v) is 3.84. The van der Waals surface area contributed by atoms with Crippen LogP contribution >= 0.6 is 0 Å². The van der Waals surface area contributed by atoms with Gasteiger partial charge in [0.2, 0.25) is 11.7 Å². The molecular weight excluding hydrogens is 444 g/mol. The lowest BCUT2D eigenvalue weighted by molar-refractivity contribution is -0.122. The van der Waals surface area contributed by atoms with E-state index in [4.69, 9.17) is 13.9 Å². The second-order valence-electron chi connectivity index (χ2n) is 9.56. The molecule has 7 nitrogen and oxygen atoms in total. The van der Waals surface area contributed by atoms with Gasteiger partial charge >= 0.3 is 5.97 Å².